The highest BCUT2D eigenvalue weighted by atomic mass is 19.1. The van der Waals surface area contributed by atoms with Gasteiger partial charge in [-0.3, -0.25) is 0 Å². The van der Waals surface area contributed by atoms with Gasteiger partial charge in [-0.05, 0) is 86.8 Å². The molecule has 0 amide bonds. The Kier molecular flexibility index (Phi) is 5.15. The predicted molar refractivity (Wildman–Crippen MR) is 127 cm³/mol. The van der Waals surface area contributed by atoms with Crippen LogP contribution in [0, 0.1) is 29.5 Å². The van der Waals surface area contributed by atoms with E-state index in [9.17, 15) is 4.39 Å². The summed E-state index contributed by atoms with van der Waals surface area (Å²) in [7, 11) is 0. The first kappa shape index (κ1) is 20.2. The van der Waals surface area contributed by atoms with E-state index in [1.807, 2.05) is 12.1 Å². The predicted octanol–water partition coefficient (Wildman–Crippen LogP) is 6.37. The molecule has 0 aromatic carbocycles. The summed E-state index contributed by atoms with van der Waals surface area (Å²) in [5.41, 5.74) is 3.99. The molecule has 0 spiro atoms. The van der Waals surface area contributed by atoms with Crippen LogP contribution in [-0.2, 0) is 6.42 Å². The number of aromatic amines is 1. The molecule has 4 nitrogen and oxygen atoms in total. The maximum atomic E-state index is 15.0. The number of nitrogens with zero attached hydrogens (tertiary/aromatic N) is 3. The van der Waals surface area contributed by atoms with Gasteiger partial charge in [-0.15, -0.1) is 0 Å². The maximum Gasteiger partial charge on any atom is 0.151 e. The van der Waals surface area contributed by atoms with E-state index in [0.717, 1.165) is 65.6 Å². The SMILES string of the molecule is CC1CCC2C(Cc3cc4nc(-c5ccc(N6CCCCC6)nc5)c(F)cc4[nH]3)CCC12. The van der Waals surface area contributed by atoms with Crippen LogP contribution in [0.3, 0.4) is 0 Å². The molecule has 6 rings (SSSR count). The lowest BCUT2D eigenvalue weighted by Crippen LogP contribution is -2.29. The van der Waals surface area contributed by atoms with Gasteiger partial charge in [0.25, 0.3) is 0 Å². The highest BCUT2D eigenvalue weighted by molar-refractivity contribution is 5.80. The van der Waals surface area contributed by atoms with E-state index in [1.54, 1.807) is 12.3 Å². The van der Waals surface area contributed by atoms with Crippen molar-refractivity contribution in [3.8, 4) is 11.3 Å². The number of H-pyrrole nitrogens is 1. The molecular formula is C27H33FN4. The minimum absolute atomic E-state index is 0.288. The van der Waals surface area contributed by atoms with Crippen molar-refractivity contribution in [2.75, 3.05) is 18.0 Å². The molecule has 1 aliphatic heterocycles. The van der Waals surface area contributed by atoms with Crippen molar-refractivity contribution in [3.63, 3.8) is 0 Å². The molecule has 168 valence electrons. The van der Waals surface area contributed by atoms with Crippen molar-refractivity contribution in [2.24, 2.45) is 23.7 Å². The molecular weight excluding hydrogens is 399 g/mol. The summed E-state index contributed by atoms with van der Waals surface area (Å²) in [4.78, 5) is 15.1. The van der Waals surface area contributed by atoms with Crippen LogP contribution in [0.1, 0.15) is 57.6 Å². The molecule has 4 unspecified atom stereocenters. The van der Waals surface area contributed by atoms with Gasteiger partial charge in [-0.25, -0.2) is 14.4 Å². The van der Waals surface area contributed by atoms with E-state index in [-0.39, 0.29) is 5.82 Å². The molecule has 3 fully saturated rings. The van der Waals surface area contributed by atoms with E-state index >= 15 is 0 Å². The van der Waals surface area contributed by atoms with Crippen molar-refractivity contribution >= 4 is 16.9 Å². The largest absolute Gasteiger partial charge is 0.357 e. The van der Waals surface area contributed by atoms with Crippen LogP contribution < -0.4 is 4.90 Å². The van der Waals surface area contributed by atoms with Crippen molar-refractivity contribution < 1.29 is 4.39 Å². The minimum Gasteiger partial charge on any atom is -0.357 e. The van der Waals surface area contributed by atoms with E-state index in [2.05, 4.69) is 27.9 Å². The quantitative estimate of drug-likeness (QED) is 0.521. The molecule has 5 heteroatoms. The summed E-state index contributed by atoms with van der Waals surface area (Å²) in [6.07, 6.45) is 12.0. The van der Waals surface area contributed by atoms with Gasteiger partial charge in [0.05, 0.1) is 11.0 Å². The zero-order chi connectivity index (χ0) is 21.7. The molecule has 0 bridgehead atoms. The molecule has 3 aromatic heterocycles. The van der Waals surface area contributed by atoms with Gasteiger partial charge in [0.2, 0.25) is 0 Å². The Hall–Kier alpha value is -2.43. The smallest absolute Gasteiger partial charge is 0.151 e. The van der Waals surface area contributed by atoms with Crippen molar-refractivity contribution in [3.05, 3.63) is 42.0 Å². The number of aromatic nitrogens is 3. The van der Waals surface area contributed by atoms with Crippen LogP contribution >= 0.6 is 0 Å². The second-order valence-corrected chi connectivity index (χ2v) is 10.4. The van der Waals surface area contributed by atoms with Crippen LogP contribution in [0.5, 0.6) is 0 Å². The normalized spacial score (nSPS) is 27.9. The Bertz CT molecular complexity index is 1100. The van der Waals surface area contributed by atoms with E-state index in [0.29, 0.717) is 5.69 Å². The number of nitrogens with one attached hydrogen (secondary N) is 1. The van der Waals surface area contributed by atoms with Crippen molar-refractivity contribution in [1.82, 2.24) is 15.0 Å². The van der Waals surface area contributed by atoms with Crippen molar-refractivity contribution in [2.45, 2.75) is 58.3 Å². The fourth-order valence-corrected chi connectivity index (χ4v) is 6.78. The molecule has 4 atom stereocenters. The monoisotopic (exact) mass is 432 g/mol. The number of halogens is 1. The van der Waals surface area contributed by atoms with Crippen LogP contribution in [-0.4, -0.2) is 28.0 Å². The molecule has 1 N–H and O–H groups in total. The number of hydrogen-bond donors (Lipinski definition) is 1. The average Bonchev–Trinajstić information content (AvgIpc) is 3.51. The van der Waals surface area contributed by atoms with Crippen LogP contribution in [0.15, 0.2) is 30.5 Å². The summed E-state index contributed by atoms with van der Waals surface area (Å²) in [5.74, 6) is 4.14. The lowest BCUT2D eigenvalue weighted by Gasteiger charge is -2.27. The lowest BCUT2D eigenvalue weighted by molar-refractivity contribution is 0.322. The summed E-state index contributed by atoms with van der Waals surface area (Å²) in [5, 5.41) is 0. The highest BCUT2D eigenvalue weighted by Crippen LogP contribution is 2.51. The van der Waals surface area contributed by atoms with E-state index in [4.69, 9.17) is 4.98 Å². The molecule has 3 aromatic rings. The number of rotatable bonds is 4. The van der Waals surface area contributed by atoms with E-state index in [1.165, 1.54) is 50.6 Å². The van der Waals surface area contributed by atoms with Crippen LogP contribution in [0.4, 0.5) is 10.2 Å². The number of hydrogen-bond acceptors (Lipinski definition) is 3. The molecule has 32 heavy (non-hydrogen) atoms. The number of fused-ring (bicyclic) bond motifs is 2. The van der Waals surface area contributed by atoms with E-state index < -0.39 is 0 Å². The van der Waals surface area contributed by atoms with Gasteiger partial charge in [0, 0.05) is 36.6 Å². The molecule has 3 aliphatic rings. The first-order valence-corrected chi connectivity index (χ1v) is 12.6. The zero-order valence-corrected chi connectivity index (χ0v) is 19.0. The Morgan fingerprint density at radius 3 is 2.69 bits per heavy atom. The Labute approximate surface area is 189 Å². The van der Waals surface area contributed by atoms with Crippen LogP contribution in [0.2, 0.25) is 0 Å². The zero-order valence-electron chi connectivity index (χ0n) is 19.0. The Balaban J connectivity index is 1.23. The van der Waals surface area contributed by atoms with Gasteiger partial charge >= 0.3 is 0 Å². The molecule has 2 aliphatic carbocycles. The van der Waals surface area contributed by atoms with Crippen LogP contribution in [0.25, 0.3) is 22.3 Å². The number of anilines is 1. The maximum absolute atomic E-state index is 15.0. The van der Waals surface area contributed by atoms with Crippen molar-refractivity contribution in [1.29, 1.82) is 0 Å². The topological polar surface area (TPSA) is 44.8 Å². The minimum atomic E-state index is -0.288. The second kappa shape index (κ2) is 8.17. The standard InChI is InChI=1S/C27H33FN4/c1-17-5-8-22-18(6-9-21(17)22)13-20-14-24-25(30-20)15-23(28)27(31-24)19-7-10-26(29-16-19)32-11-3-2-4-12-32/h7,10,14-18,21-22,30H,2-6,8-9,11-13H2,1H3. The number of piperidine rings is 1. The Morgan fingerprint density at radius 1 is 1.03 bits per heavy atom. The molecule has 4 heterocycles. The molecule has 0 radical (unpaired) electrons. The Morgan fingerprint density at radius 2 is 1.88 bits per heavy atom. The van der Waals surface area contributed by atoms with Gasteiger partial charge in [0.15, 0.2) is 5.82 Å². The third-order valence-corrected chi connectivity index (χ3v) is 8.51. The van der Waals surface area contributed by atoms with Gasteiger partial charge < -0.3 is 9.88 Å². The van der Waals surface area contributed by atoms with Gasteiger partial charge in [-0.1, -0.05) is 13.3 Å². The third-order valence-electron chi connectivity index (χ3n) is 8.51. The molecule has 2 saturated carbocycles. The molecule has 1 saturated heterocycles. The average molecular weight is 433 g/mol. The third kappa shape index (κ3) is 3.60. The summed E-state index contributed by atoms with van der Waals surface area (Å²) in [6.45, 7) is 4.54. The summed E-state index contributed by atoms with van der Waals surface area (Å²) < 4.78 is 15.0. The lowest BCUT2D eigenvalue weighted by atomic mass is 9.87. The first-order chi connectivity index (χ1) is 15.7. The van der Waals surface area contributed by atoms with Gasteiger partial charge in [-0.2, -0.15) is 0 Å². The fraction of sp³-hybridized carbons (Fsp3) is 0.556. The highest BCUT2D eigenvalue weighted by Gasteiger charge is 2.42. The second-order valence-electron chi connectivity index (χ2n) is 10.4. The van der Waals surface area contributed by atoms with Gasteiger partial charge in [0.1, 0.15) is 11.5 Å². The summed E-state index contributed by atoms with van der Waals surface area (Å²) >= 11 is 0. The number of pyridine rings is 2. The first-order valence-electron chi connectivity index (χ1n) is 12.6. The summed E-state index contributed by atoms with van der Waals surface area (Å²) in [6, 6.07) is 7.71. The fourth-order valence-electron chi connectivity index (χ4n) is 6.78.